The summed E-state index contributed by atoms with van der Waals surface area (Å²) in [5.41, 5.74) is 2.36. The zero-order chi connectivity index (χ0) is 21.7. The molecule has 1 heterocycles. The fourth-order valence-corrected chi connectivity index (χ4v) is 3.63. The van der Waals surface area contributed by atoms with Gasteiger partial charge in [0, 0.05) is 48.9 Å². The standard InChI is InChI=1S/C22H24FN3O4/c1-24-21(28)18(9-5-11-27)26-13-16-15(22(26)29)7-4-8-17(16)25-12-14-6-3-10-19(30-2)20(14)23/h3-4,6-8,10-11,18,25H,5,9,12-13H2,1-2H3,(H,24,28). The number of hydrogen-bond donors (Lipinski definition) is 2. The van der Waals surface area contributed by atoms with Gasteiger partial charge in [-0.3, -0.25) is 9.59 Å². The summed E-state index contributed by atoms with van der Waals surface area (Å²) in [5.74, 6) is -0.851. The van der Waals surface area contributed by atoms with Crippen molar-refractivity contribution in [1.29, 1.82) is 0 Å². The van der Waals surface area contributed by atoms with Crippen LogP contribution in [-0.4, -0.2) is 43.2 Å². The average Bonchev–Trinajstić information content (AvgIpc) is 3.10. The molecule has 0 aliphatic carbocycles. The van der Waals surface area contributed by atoms with Crippen LogP contribution in [0.4, 0.5) is 10.1 Å². The van der Waals surface area contributed by atoms with Gasteiger partial charge < -0.3 is 25.1 Å². The first-order chi connectivity index (χ1) is 14.5. The smallest absolute Gasteiger partial charge is 0.255 e. The maximum atomic E-state index is 14.4. The number of rotatable bonds is 9. The van der Waals surface area contributed by atoms with Gasteiger partial charge in [0.25, 0.3) is 5.91 Å². The Morgan fingerprint density at radius 1 is 1.30 bits per heavy atom. The lowest BCUT2D eigenvalue weighted by Gasteiger charge is -2.25. The van der Waals surface area contributed by atoms with Gasteiger partial charge in [-0.05, 0) is 24.6 Å². The van der Waals surface area contributed by atoms with Gasteiger partial charge in [-0.15, -0.1) is 0 Å². The van der Waals surface area contributed by atoms with E-state index < -0.39 is 11.9 Å². The van der Waals surface area contributed by atoms with Crippen molar-refractivity contribution >= 4 is 23.8 Å². The predicted molar refractivity (Wildman–Crippen MR) is 110 cm³/mol. The molecule has 2 aromatic rings. The molecule has 0 bridgehead atoms. The van der Waals surface area contributed by atoms with Gasteiger partial charge >= 0.3 is 0 Å². The molecular formula is C22H24FN3O4. The summed E-state index contributed by atoms with van der Waals surface area (Å²) in [6, 6.07) is 9.44. The van der Waals surface area contributed by atoms with Crippen molar-refractivity contribution in [3.8, 4) is 5.75 Å². The molecule has 1 unspecified atom stereocenters. The van der Waals surface area contributed by atoms with E-state index in [9.17, 15) is 18.8 Å². The summed E-state index contributed by atoms with van der Waals surface area (Å²) in [5, 5.41) is 5.75. The molecule has 0 fully saturated rings. The molecule has 2 aromatic carbocycles. The van der Waals surface area contributed by atoms with Crippen LogP contribution in [0.3, 0.4) is 0 Å². The first kappa shape index (κ1) is 21.3. The molecule has 8 heteroatoms. The van der Waals surface area contributed by atoms with Crippen LogP contribution >= 0.6 is 0 Å². The number of benzene rings is 2. The highest BCUT2D eigenvalue weighted by Crippen LogP contribution is 2.32. The second-order valence-electron chi connectivity index (χ2n) is 6.93. The number of methoxy groups -OCH3 is 1. The van der Waals surface area contributed by atoms with Crippen LogP contribution in [0.5, 0.6) is 5.75 Å². The Hall–Kier alpha value is -3.42. The lowest BCUT2D eigenvalue weighted by molar-refractivity contribution is -0.125. The van der Waals surface area contributed by atoms with E-state index in [2.05, 4.69) is 10.6 Å². The van der Waals surface area contributed by atoms with E-state index >= 15 is 0 Å². The van der Waals surface area contributed by atoms with Gasteiger partial charge in [-0.1, -0.05) is 18.2 Å². The maximum absolute atomic E-state index is 14.4. The third-order valence-electron chi connectivity index (χ3n) is 5.21. The molecule has 0 spiro atoms. The van der Waals surface area contributed by atoms with Gasteiger partial charge in [0.1, 0.15) is 12.3 Å². The van der Waals surface area contributed by atoms with E-state index in [0.29, 0.717) is 16.8 Å². The fraction of sp³-hybridized carbons (Fsp3) is 0.318. The number of carbonyl (C=O) groups is 3. The topological polar surface area (TPSA) is 87.7 Å². The molecule has 0 saturated heterocycles. The molecule has 7 nitrogen and oxygen atoms in total. The Balaban J connectivity index is 1.83. The van der Waals surface area contributed by atoms with Gasteiger partial charge in [-0.2, -0.15) is 0 Å². The number of ether oxygens (including phenoxy) is 1. The molecule has 0 aromatic heterocycles. The molecule has 0 radical (unpaired) electrons. The van der Waals surface area contributed by atoms with Crippen molar-refractivity contribution in [2.75, 3.05) is 19.5 Å². The predicted octanol–water partition coefficient (Wildman–Crippen LogP) is 2.50. The van der Waals surface area contributed by atoms with Crippen molar-refractivity contribution in [3.05, 3.63) is 58.9 Å². The summed E-state index contributed by atoms with van der Waals surface area (Å²) in [6.07, 6.45) is 1.17. The van der Waals surface area contributed by atoms with Gasteiger partial charge in [0.15, 0.2) is 11.6 Å². The third kappa shape index (κ3) is 4.12. The van der Waals surface area contributed by atoms with E-state index in [-0.39, 0.29) is 43.5 Å². The minimum absolute atomic E-state index is 0.164. The molecular weight excluding hydrogens is 389 g/mol. The molecule has 1 aliphatic heterocycles. The summed E-state index contributed by atoms with van der Waals surface area (Å²) in [7, 11) is 2.91. The molecule has 30 heavy (non-hydrogen) atoms. The summed E-state index contributed by atoms with van der Waals surface area (Å²) in [4.78, 5) is 37.5. The minimum atomic E-state index is -0.733. The van der Waals surface area contributed by atoms with Crippen molar-refractivity contribution in [2.24, 2.45) is 0 Å². The number of nitrogens with zero attached hydrogens (tertiary/aromatic N) is 1. The Morgan fingerprint density at radius 3 is 2.77 bits per heavy atom. The first-order valence-electron chi connectivity index (χ1n) is 9.65. The Bertz CT molecular complexity index is 963. The number of hydrogen-bond acceptors (Lipinski definition) is 5. The highest BCUT2D eigenvalue weighted by molar-refractivity contribution is 6.02. The first-order valence-corrected chi connectivity index (χ1v) is 9.65. The summed E-state index contributed by atoms with van der Waals surface area (Å²) < 4.78 is 19.4. The number of amides is 2. The Morgan fingerprint density at radius 2 is 2.07 bits per heavy atom. The lowest BCUT2D eigenvalue weighted by Crippen LogP contribution is -2.46. The molecule has 1 aliphatic rings. The highest BCUT2D eigenvalue weighted by Gasteiger charge is 2.36. The fourth-order valence-electron chi connectivity index (χ4n) is 3.63. The SMILES string of the molecule is CNC(=O)C(CCC=O)N1Cc2c(NCc3cccc(OC)c3F)cccc2C1=O. The zero-order valence-corrected chi connectivity index (χ0v) is 16.9. The molecule has 0 saturated carbocycles. The number of anilines is 1. The highest BCUT2D eigenvalue weighted by atomic mass is 19.1. The van der Waals surface area contributed by atoms with Crippen LogP contribution < -0.4 is 15.4 Å². The largest absolute Gasteiger partial charge is 0.494 e. The molecule has 1 atom stereocenters. The van der Waals surface area contributed by atoms with Crippen molar-refractivity contribution in [1.82, 2.24) is 10.2 Å². The van der Waals surface area contributed by atoms with Crippen LogP contribution in [0.25, 0.3) is 0 Å². The lowest BCUT2D eigenvalue weighted by atomic mass is 10.1. The van der Waals surface area contributed by atoms with Gasteiger partial charge in [0.2, 0.25) is 5.91 Å². The number of fused-ring (bicyclic) bond motifs is 1. The van der Waals surface area contributed by atoms with Crippen molar-refractivity contribution < 1.29 is 23.5 Å². The van der Waals surface area contributed by atoms with Gasteiger partial charge in [0.05, 0.1) is 7.11 Å². The maximum Gasteiger partial charge on any atom is 0.255 e. The number of carbonyl (C=O) groups excluding carboxylic acids is 3. The number of aldehydes is 1. The van der Waals surface area contributed by atoms with Crippen LogP contribution in [0, 0.1) is 5.82 Å². The monoisotopic (exact) mass is 413 g/mol. The van der Waals surface area contributed by atoms with Crippen LogP contribution in [0.15, 0.2) is 36.4 Å². The normalized spacial score (nSPS) is 13.6. The molecule has 158 valence electrons. The average molecular weight is 413 g/mol. The van der Waals surface area contributed by atoms with Crippen LogP contribution in [0.2, 0.25) is 0 Å². The Labute approximate surface area is 174 Å². The van der Waals surface area contributed by atoms with E-state index in [4.69, 9.17) is 4.74 Å². The minimum Gasteiger partial charge on any atom is -0.494 e. The number of likely N-dealkylation sites (N-methyl/N-ethyl adjacent to an activating group) is 1. The van der Waals surface area contributed by atoms with Crippen molar-refractivity contribution in [3.63, 3.8) is 0 Å². The summed E-state index contributed by atoms with van der Waals surface area (Å²) in [6.45, 7) is 0.437. The van der Waals surface area contributed by atoms with Crippen LogP contribution in [0.1, 0.15) is 34.3 Å². The molecule has 2 amide bonds. The molecule has 3 rings (SSSR count). The van der Waals surface area contributed by atoms with E-state index in [0.717, 1.165) is 11.8 Å². The zero-order valence-electron chi connectivity index (χ0n) is 16.9. The second-order valence-corrected chi connectivity index (χ2v) is 6.93. The van der Waals surface area contributed by atoms with Crippen LogP contribution in [-0.2, 0) is 22.7 Å². The second kappa shape index (κ2) is 9.39. The van der Waals surface area contributed by atoms with E-state index in [1.165, 1.54) is 19.1 Å². The van der Waals surface area contributed by atoms with Crippen molar-refractivity contribution in [2.45, 2.75) is 32.0 Å². The van der Waals surface area contributed by atoms with Gasteiger partial charge in [-0.25, -0.2) is 4.39 Å². The molecule has 2 N–H and O–H groups in total. The summed E-state index contributed by atoms with van der Waals surface area (Å²) >= 11 is 0. The number of nitrogens with one attached hydrogen (secondary N) is 2. The van der Waals surface area contributed by atoms with E-state index in [1.807, 2.05) is 6.07 Å². The quantitative estimate of drug-likeness (QED) is 0.617. The van der Waals surface area contributed by atoms with E-state index in [1.54, 1.807) is 30.3 Å². The Kier molecular flexibility index (Phi) is 6.66. The number of halogens is 1. The third-order valence-corrected chi connectivity index (χ3v) is 5.21.